The highest BCUT2D eigenvalue weighted by atomic mass is 32.2. The summed E-state index contributed by atoms with van der Waals surface area (Å²) >= 11 is 0. The standard InChI is InChI=1S/C20H25N3O2S/c24-26(25,20-11-10-18-8-4-5-9-19(18)16-20)22-12-6-2-1-3-7-14-23-15-13-21-17-23/h4-5,8-11,13,15-17,22H,1-3,6-7,12,14H2. The summed E-state index contributed by atoms with van der Waals surface area (Å²) < 4.78 is 29.6. The van der Waals surface area contributed by atoms with Gasteiger partial charge in [-0.2, -0.15) is 0 Å². The van der Waals surface area contributed by atoms with Gasteiger partial charge in [-0.3, -0.25) is 0 Å². The Labute approximate surface area is 155 Å². The van der Waals surface area contributed by atoms with Gasteiger partial charge in [0.15, 0.2) is 0 Å². The number of nitrogens with zero attached hydrogens (tertiary/aromatic N) is 2. The maximum absolute atomic E-state index is 12.4. The summed E-state index contributed by atoms with van der Waals surface area (Å²) in [5.41, 5.74) is 0. The summed E-state index contributed by atoms with van der Waals surface area (Å²) in [6, 6.07) is 13.0. The number of unbranched alkanes of at least 4 members (excludes halogenated alkanes) is 4. The van der Waals surface area contributed by atoms with Gasteiger partial charge < -0.3 is 4.57 Å². The molecule has 0 saturated carbocycles. The Hall–Kier alpha value is -2.18. The Kier molecular flexibility index (Phi) is 6.41. The lowest BCUT2D eigenvalue weighted by atomic mass is 10.1. The van der Waals surface area contributed by atoms with Gasteiger partial charge >= 0.3 is 0 Å². The van der Waals surface area contributed by atoms with E-state index in [9.17, 15) is 8.42 Å². The third-order valence-corrected chi connectivity index (χ3v) is 5.93. The summed E-state index contributed by atoms with van der Waals surface area (Å²) in [7, 11) is -3.44. The Morgan fingerprint density at radius 2 is 1.69 bits per heavy atom. The lowest BCUT2D eigenvalue weighted by molar-refractivity contribution is 0.550. The average Bonchev–Trinajstić information content (AvgIpc) is 3.17. The summed E-state index contributed by atoms with van der Waals surface area (Å²) in [6.07, 6.45) is 10.9. The number of rotatable bonds is 10. The second kappa shape index (κ2) is 8.96. The summed E-state index contributed by atoms with van der Waals surface area (Å²) in [4.78, 5) is 4.35. The molecule has 1 aromatic heterocycles. The first-order valence-corrected chi connectivity index (χ1v) is 10.6. The van der Waals surface area contributed by atoms with Crippen LogP contribution in [0.4, 0.5) is 0 Å². The van der Waals surface area contributed by atoms with Crippen LogP contribution in [0.5, 0.6) is 0 Å². The molecule has 6 heteroatoms. The van der Waals surface area contributed by atoms with Crippen molar-refractivity contribution in [2.45, 2.75) is 43.5 Å². The Balaban J connectivity index is 1.37. The molecule has 0 amide bonds. The molecule has 0 radical (unpaired) electrons. The number of aromatic nitrogens is 2. The zero-order chi connectivity index (χ0) is 18.2. The quantitative estimate of drug-likeness (QED) is 0.549. The summed E-state index contributed by atoms with van der Waals surface area (Å²) in [5, 5.41) is 1.98. The number of hydrogen-bond acceptors (Lipinski definition) is 3. The predicted molar refractivity (Wildman–Crippen MR) is 104 cm³/mol. The molecule has 0 aliphatic carbocycles. The van der Waals surface area contributed by atoms with E-state index >= 15 is 0 Å². The lowest BCUT2D eigenvalue weighted by Crippen LogP contribution is -2.24. The normalized spacial score (nSPS) is 11.8. The first-order valence-electron chi connectivity index (χ1n) is 9.09. The Morgan fingerprint density at radius 1 is 0.923 bits per heavy atom. The molecule has 1 heterocycles. The molecule has 3 aromatic rings. The molecule has 0 aliphatic rings. The molecular weight excluding hydrogens is 346 g/mol. The largest absolute Gasteiger partial charge is 0.337 e. The van der Waals surface area contributed by atoms with Crippen LogP contribution < -0.4 is 4.72 Å². The number of fused-ring (bicyclic) bond motifs is 1. The monoisotopic (exact) mass is 371 g/mol. The van der Waals surface area contributed by atoms with Crippen LogP contribution in [0, 0.1) is 0 Å². The van der Waals surface area contributed by atoms with Crippen molar-refractivity contribution in [2.75, 3.05) is 6.54 Å². The fourth-order valence-electron chi connectivity index (χ4n) is 2.99. The molecule has 0 aliphatic heterocycles. The molecule has 0 atom stereocenters. The van der Waals surface area contributed by atoms with Crippen LogP contribution >= 0.6 is 0 Å². The predicted octanol–water partition coefficient (Wildman–Crippen LogP) is 3.97. The highest BCUT2D eigenvalue weighted by molar-refractivity contribution is 7.89. The van der Waals surface area contributed by atoms with Crippen molar-refractivity contribution in [1.82, 2.24) is 14.3 Å². The molecule has 3 rings (SSSR count). The van der Waals surface area contributed by atoms with Crippen molar-refractivity contribution in [2.24, 2.45) is 0 Å². The first kappa shape index (κ1) is 18.6. The first-order chi connectivity index (χ1) is 12.6. The second-order valence-corrected chi connectivity index (χ2v) is 8.24. The van der Waals surface area contributed by atoms with Crippen LogP contribution in [0.15, 0.2) is 66.1 Å². The Bertz CT molecular complexity index is 921. The van der Waals surface area contributed by atoms with Crippen molar-refractivity contribution in [3.8, 4) is 0 Å². The van der Waals surface area contributed by atoms with Crippen LogP contribution in [0.25, 0.3) is 10.8 Å². The van der Waals surface area contributed by atoms with E-state index < -0.39 is 10.0 Å². The number of nitrogens with one attached hydrogen (secondary N) is 1. The average molecular weight is 372 g/mol. The second-order valence-electron chi connectivity index (χ2n) is 6.48. The van der Waals surface area contributed by atoms with Crippen LogP contribution in [-0.2, 0) is 16.6 Å². The number of aryl methyl sites for hydroxylation is 1. The smallest absolute Gasteiger partial charge is 0.240 e. The van der Waals surface area contributed by atoms with Gasteiger partial charge in [0.1, 0.15) is 0 Å². The number of hydrogen-bond donors (Lipinski definition) is 1. The third-order valence-electron chi connectivity index (χ3n) is 4.48. The van der Waals surface area contributed by atoms with Gasteiger partial charge in [0, 0.05) is 25.5 Å². The minimum atomic E-state index is -3.44. The zero-order valence-electron chi connectivity index (χ0n) is 14.8. The molecule has 0 saturated heterocycles. The zero-order valence-corrected chi connectivity index (χ0v) is 15.7. The molecule has 1 N–H and O–H groups in total. The van der Waals surface area contributed by atoms with Crippen molar-refractivity contribution >= 4 is 20.8 Å². The van der Waals surface area contributed by atoms with E-state index in [1.165, 1.54) is 0 Å². The van der Waals surface area contributed by atoms with Crippen LogP contribution in [-0.4, -0.2) is 24.5 Å². The van der Waals surface area contributed by atoms with Gasteiger partial charge in [-0.05, 0) is 35.7 Å². The molecule has 5 nitrogen and oxygen atoms in total. The minimum Gasteiger partial charge on any atom is -0.337 e. The Morgan fingerprint density at radius 3 is 2.50 bits per heavy atom. The van der Waals surface area contributed by atoms with Gasteiger partial charge in [-0.25, -0.2) is 18.1 Å². The molecule has 0 unspecified atom stereocenters. The van der Waals surface area contributed by atoms with Crippen LogP contribution in [0.1, 0.15) is 32.1 Å². The van der Waals surface area contributed by atoms with Crippen LogP contribution in [0.3, 0.4) is 0 Å². The molecule has 0 spiro atoms. The van der Waals surface area contributed by atoms with E-state index in [2.05, 4.69) is 14.3 Å². The summed E-state index contributed by atoms with van der Waals surface area (Å²) in [5.74, 6) is 0. The fourth-order valence-corrected chi connectivity index (χ4v) is 4.10. The van der Waals surface area contributed by atoms with Gasteiger partial charge in [0.2, 0.25) is 10.0 Å². The number of imidazole rings is 1. The van der Waals surface area contributed by atoms with E-state index in [1.807, 2.05) is 42.9 Å². The molecule has 138 valence electrons. The van der Waals surface area contributed by atoms with Gasteiger partial charge in [0.05, 0.1) is 11.2 Å². The topological polar surface area (TPSA) is 64.0 Å². The molecule has 0 fully saturated rings. The molecular formula is C20H25N3O2S. The van der Waals surface area contributed by atoms with Crippen molar-refractivity contribution < 1.29 is 8.42 Å². The summed E-state index contributed by atoms with van der Waals surface area (Å²) in [6.45, 7) is 1.48. The fraction of sp³-hybridized carbons (Fsp3) is 0.350. The molecule has 0 bridgehead atoms. The van der Waals surface area contributed by atoms with Crippen molar-refractivity contribution in [3.63, 3.8) is 0 Å². The van der Waals surface area contributed by atoms with E-state index in [4.69, 9.17) is 0 Å². The highest BCUT2D eigenvalue weighted by Crippen LogP contribution is 2.18. The maximum atomic E-state index is 12.4. The van der Waals surface area contributed by atoms with Crippen LogP contribution in [0.2, 0.25) is 0 Å². The van der Waals surface area contributed by atoms with Crippen molar-refractivity contribution in [3.05, 3.63) is 61.2 Å². The van der Waals surface area contributed by atoms with Crippen molar-refractivity contribution in [1.29, 1.82) is 0 Å². The maximum Gasteiger partial charge on any atom is 0.240 e. The SMILES string of the molecule is O=S(=O)(NCCCCCCCn1ccnc1)c1ccc2ccccc2c1. The molecule has 2 aromatic carbocycles. The van der Waals surface area contributed by atoms with E-state index in [0.29, 0.717) is 11.4 Å². The lowest BCUT2D eigenvalue weighted by Gasteiger charge is -2.08. The van der Waals surface area contributed by atoms with Gasteiger partial charge in [-0.1, -0.05) is 49.6 Å². The highest BCUT2D eigenvalue weighted by Gasteiger charge is 2.13. The minimum absolute atomic E-state index is 0.330. The van der Waals surface area contributed by atoms with E-state index in [-0.39, 0.29) is 0 Å². The van der Waals surface area contributed by atoms with Gasteiger partial charge in [-0.15, -0.1) is 0 Å². The third kappa shape index (κ3) is 5.16. The number of benzene rings is 2. The van der Waals surface area contributed by atoms with E-state index in [0.717, 1.165) is 49.4 Å². The van der Waals surface area contributed by atoms with Gasteiger partial charge in [0.25, 0.3) is 0 Å². The van der Waals surface area contributed by atoms with E-state index in [1.54, 1.807) is 18.3 Å². The number of sulfonamides is 1. The molecule has 26 heavy (non-hydrogen) atoms.